The molecule has 1 aromatic rings. The largest absolute Gasteiger partial charge is 0.389 e. The zero-order chi connectivity index (χ0) is 15.9. The molecule has 3 N–H and O–H groups in total. The molecule has 0 saturated heterocycles. The quantitative estimate of drug-likeness (QED) is 0.682. The van der Waals surface area contributed by atoms with Gasteiger partial charge in [0.05, 0.1) is 12.7 Å². The van der Waals surface area contributed by atoms with Crippen molar-refractivity contribution in [1.82, 2.24) is 10.6 Å². The van der Waals surface area contributed by atoms with E-state index in [1.807, 2.05) is 0 Å². The highest BCUT2D eigenvalue weighted by Gasteiger charge is 2.21. The molecule has 0 aromatic heterocycles. The topological polar surface area (TPSA) is 70.6 Å². The predicted molar refractivity (Wildman–Crippen MR) is 76.1 cm³/mol. The maximum atomic E-state index is 13.3. The van der Waals surface area contributed by atoms with Crippen LogP contribution in [0.2, 0.25) is 0 Å². The highest BCUT2D eigenvalue weighted by molar-refractivity contribution is 5.73. The van der Waals surface area contributed by atoms with Crippen molar-refractivity contribution in [3.8, 4) is 0 Å². The van der Waals surface area contributed by atoms with E-state index >= 15 is 0 Å². The Balaban J connectivity index is 1.61. The number of rotatable bonds is 8. The van der Waals surface area contributed by atoms with Crippen LogP contribution in [0.3, 0.4) is 0 Å². The number of halogens is 2. The van der Waals surface area contributed by atoms with Crippen molar-refractivity contribution >= 4 is 6.03 Å². The number of amides is 2. The average Bonchev–Trinajstić information content (AvgIpc) is 3.30. The smallest absolute Gasteiger partial charge is 0.315 e. The van der Waals surface area contributed by atoms with E-state index in [1.165, 1.54) is 12.8 Å². The van der Waals surface area contributed by atoms with Crippen molar-refractivity contribution in [3.05, 3.63) is 35.4 Å². The van der Waals surface area contributed by atoms with E-state index in [2.05, 4.69) is 10.6 Å². The molecule has 7 heteroatoms. The Hall–Kier alpha value is -1.73. The number of carbonyl (C=O) groups excluding carboxylic acids is 1. The van der Waals surface area contributed by atoms with Gasteiger partial charge in [0.2, 0.25) is 0 Å². The lowest BCUT2D eigenvalue weighted by atomic mass is 10.2. The number of aliphatic hydroxyl groups excluding tert-OH is 1. The zero-order valence-electron chi connectivity index (χ0n) is 12.1. The average molecular weight is 314 g/mol. The standard InChI is InChI=1S/C15H20F2N2O3/c16-12-3-4-14(17)11(5-12)6-18-15(21)19-7-13(20)9-22-8-10-1-2-10/h3-5,10,13,20H,1-2,6-9H2,(H2,18,19,21). The van der Waals surface area contributed by atoms with Crippen molar-refractivity contribution in [2.45, 2.75) is 25.5 Å². The maximum absolute atomic E-state index is 13.3. The molecular formula is C15H20F2N2O3. The van der Waals surface area contributed by atoms with Gasteiger partial charge in [-0.3, -0.25) is 0 Å². The van der Waals surface area contributed by atoms with Gasteiger partial charge in [-0.2, -0.15) is 0 Å². The Morgan fingerprint density at radius 1 is 1.36 bits per heavy atom. The fourth-order valence-corrected chi connectivity index (χ4v) is 1.84. The van der Waals surface area contributed by atoms with Gasteiger partial charge in [-0.25, -0.2) is 13.6 Å². The highest BCUT2D eigenvalue weighted by Crippen LogP contribution is 2.28. The predicted octanol–water partition coefficient (Wildman–Crippen LogP) is 1.55. The fourth-order valence-electron chi connectivity index (χ4n) is 1.84. The molecule has 5 nitrogen and oxygen atoms in total. The molecule has 1 atom stereocenters. The Morgan fingerprint density at radius 2 is 2.14 bits per heavy atom. The lowest BCUT2D eigenvalue weighted by Gasteiger charge is -2.13. The second kappa shape index (κ2) is 8.05. The molecule has 2 rings (SSSR count). The van der Waals surface area contributed by atoms with Gasteiger partial charge < -0.3 is 20.5 Å². The van der Waals surface area contributed by atoms with Gasteiger partial charge in [-0.1, -0.05) is 0 Å². The number of carbonyl (C=O) groups is 1. The monoisotopic (exact) mass is 314 g/mol. The number of hydrogen-bond donors (Lipinski definition) is 3. The minimum atomic E-state index is -0.796. The Bertz CT molecular complexity index is 510. The Morgan fingerprint density at radius 3 is 2.86 bits per heavy atom. The van der Waals surface area contributed by atoms with Crippen LogP contribution >= 0.6 is 0 Å². The van der Waals surface area contributed by atoms with Gasteiger partial charge in [-0.15, -0.1) is 0 Å². The van der Waals surface area contributed by atoms with Gasteiger partial charge in [0.1, 0.15) is 11.6 Å². The lowest BCUT2D eigenvalue weighted by Crippen LogP contribution is -2.40. The van der Waals surface area contributed by atoms with E-state index < -0.39 is 23.8 Å². The summed E-state index contributed by atoms with van der Waals surface area (Å²) in [6, 6.07) is 2.48. The first-order valence-electron chi connectivity index (χ1n) is 7.26. The van der Waals surface area contributed by atoms with Crippen molar-refractivity contribution in [1.29, 1.82) is 0 Å². The van der Waals surface area contributed by atoms with E-state index in [0.29, 0.717) is 12.5 Å². The van der Waals surface area contributed by atoms with Gasteiger partial charge >= 0.3 is 6.03 Å². The van der Waals surface area contributed by atoms with Crippen molar-refractivity contribution in [2.24, 2.45) is 5.92 Å². The molecule has 0 aliphatic heterocycles. The molecular weight excluding hydrogens is 294 g/mol. The van der Waals surface area contributed by atoms with Crippen LogP contribution in [0.4, 0.5) is 13.6 Å². The third-order valence-corrected chi connectivity index (χ3v) is 3.31. The molecule has 0 bridgehead atoms. The number of nitrogens with one attached hydrogen (secondary N) is 2. The van der Waals surface area contributed by atoms with Gasteiger partial charge in [0.25, 0.3) is 0 Å². The van der Waals surface area contributed by atoms with Crippen LogP contribution in [0.15, 0.2) is 18.2 Å². The van der Waals surface area contributed by atoms with Crippen molar-refractivity contribution < 1.29 is 23.4 Å². The summed E-state index contributed by atoms with van der Waals surface area (Å²) in [5.74, 6) is -0.540. The molecule has 1 fully saturated rings. The first kappa shape index (κ1) is 16.6. The number of benzene rings is 1. The zero-order valence-corrected chi connectivity index (χ0v) is 12.1. The summed E-state index contributed by atoms with van der Waals surface area (Å²) < 4.78 is 31.6. The first-order chi connectivity index (χ1) is 10.5. The van der Waals surface area contributed by atoms with E-state index in [4.69, 9.17) is 4.74 Å². The van der Waals surface area contributed by atoms with Crippen LogP contribution in [-0.2, 0) is 11.3 Å². The number of hydrogen-bond acceptors (Lipinski definition) is 3. The fraction of sp³-hybridized carbons (Fsp3) is 0.533. The van der Waals surface area contributed by atoms with E-state index in [1.54, 1.807) is 0 Å². The molecule has 122 valence electrons. The third kappa shape index (κ3) is 5.95. The van der Waals surface area contributed by atoms with Gasteiger partial charge in [-0.05, 0) is 37.0 Å². The second-order valence-electron chi connectivity index (χ2n) is 5.43. The summed E-state index contributed by atoms with van der Waals surface area (Å²) in [7, 11) is 0. The summed E-state index contributed by atoms with van der Waals surface area (Å²) in [5.41, 5.74) is 0.0588. The van der Waals surface area contributed by atoms with Crippen LogP contribution in [0, 0.1) is 17.6 Å². The number of aliphatic hydroxyl groups is 1. The van der Waals surface area contributed by atoms with Crippen LogP contribution in [0.5, 0.6) is 0 Å². The van der Waals surface area contributed by atoms with Crippen LogP contribution in [0.1, 0.15) is 18.4 Å². The first-order valence-corrected chi connectivity index (χ1v) is 7.26. The van der Waals surface area contributed by atoms with E-state index in [0.717, 1.165) is 18.2 Å². The molecule has 1 aliphatic rings. The van der Waals surface area contributed by atoms with Gasteiger partial charge in [0.15, 0.2) is 0 Å². The lowest BCUT2D eigenvalue weighted by molar-refractivity contribution is 0.0337. The minimum absolute atomic E-state index is 0.0299. The molecule has 0 heterocycles. The molecule has 1 aromatic carbocycles. The summed E-state index contributed by atoms with van der Waals surface area (Å²) >= 11 is 0. The van der Waals surface area contributed by atoms with E-state index in [-0.39, 0.29) is 25.3 Å². The molecule has 1 saturated carbocycles. The molecule has 0 radical (unpaired) electrons. The summed E-state index contributed by atoms with van der Waals surface area (Å²) in [5, 5.41) is 14.5. The molecule has 0 spiro atoms. The summed E-state index contributed by atoms with van der Waals surface area (Å²) in [6.45, 7) is 0.698. The SMILES string of the molecule is O=C(NCc1cc(F)ccc1F)NCC(O)COCC1CC1. The van der Waals surface area contributed by atoms with Crippen molar-refractivity contribution in [3.63, 3.8) is 0 Å². The number of urea groups is 1. The second-order valence-corrected chi connectivity index (χ2v) is 5.43. The molecule has 1 aliphatic carbocycles. The molecule has 2 amide bonds. The summed E-state index contributed by atoms with van der Waals surface area (Å²) in [6.07, 6.45) is 1.55. The van der Waals surface area contributed by atoms with E-state index in [9.17, 15) is 18.7 Å². The van der Waals surface area contributed by atoms with Crippen LogP contribution in [0.25, 0.3) is 0 Å². The number of ether oxygens (including phenoxy) is 1. The Kier molecular flexibility index (Phi) is 6.09. The highest BCUT2D eigenvalue weighted by atomic mass is 19.1. The Labute approximate surface area is 127 Å². The van der Waals surface area contributed by atoms with Crippen LogP contribution < -0.4 is 10.6 Å². The van der Waals surface area contributed by atoms with Gasteiger partial charge in [0, 0.05) is 25.3 Å². The summed E-state index contributed by atoms with van der Waals surface area (Å²) in [4.78, 5) is 11.5. The normalized spacial score (nSPS) is 15.4. The molecule has 22 heavy (non-hydrogen) atoms. The molecule has 1 unspecified atom stereocenters. The van der Waals surface area contributed by atoms with Crippen molar-refractivity contribution in [2.75, 3.05) is 19.8 Å². The maximum Gasteiger partial charge on any atom is 0.315 e. The third-order valence-electron chi connectivity index (χ3n) is 3.31. The minimum Gasteiger partial charge on any atom is -0.389 e. The van der Waals surface area contributed by atoms with Crippen LogP contribution in [-0.4, -0.2) is 37.0 Å².